The smallest absolute Gasteiger partial charge is 0.283 e. The third-order valence-electron chi connectivity index (χ3n) is 4.55. The van der Waals surface area contributed by atoms with Crippen LogP contribution in [0.4, 0.5) is 10.5 Å². The van der Waals surface area contributed by atoms with Crippen molar-refractivity contribution in [1.82, 2.24) is 0 Å². The van der Waals surface area contributed by atoms with Crippen molar-refractivity contribution in [1.29, 1.82) is 0 Å². The Kier molecular flexibility index (Phi) is 7.15. The second-order valence-corrected chi connectivity index (χ2v) is 7.66. The highest BCUT2D eigenvalue weighted by molar-refractivity contribution is 8.13. The van der Waals surface area contributed by atoms with E-state index in [9.17, 15) is 4.79 Å². The van der Waals surface area contributed by atoms with Gasteiger partial charge < -0.3 is 10.1 Å². The third kappa shape index (κ3) is 5.04. The zero-order valence-corrected chi connectivity index (χ0v) is 17.4. The molecule has 4 heteroatoms. The van der Waals surface area contributed by atoms with E-state index >= 15 is 0 Å². The quantitative estimate of drug-likeness (QED) is 0.633. The maximum atomic E-state index is 11.9. The molecule has 26 heavy (non-hydrogen) atoms. The Morgan fingerprint density at radius 1 is 1.15 bits per heavy atom. The number of rotatable bonds is 6. The molecule has 140 valence electrons. The number of amides is 1. The van der Waals surface area contributed by atoms with Crippen LogP contribution < -0.4 is 10.1 Å². The first-order chi connectivity index (χ1) is 12.3. The number of hydrogen-bond acceptors (Lipinski definition) is 3. The molecule has 0 saturated heterocycles. The van der Waals surface area contributed by atoms with Crippen LogP contribution in [0.2, 0.25) is 0 Å². The van der Waals surface area contributed by atoms with E-state index in [1.54, 1.807) is 6.26 Å². The summed E-state index contributed by atoms with van der Waals surface area (Å²) in [6.07, 6.45) is 2.80. The van der Waals surface area contributed by atoms with Crippen LogP contribution in [0.1, 0.15) is 54.5 Å². The van der Waals surface area contributed by atoms with Crippen LogP contribution in [-0.2, 0) is 13.0 Å². The minimum Gasteiger partial charge on any atom is -0.489 e. The highest BCUT2D eigenvalue weighted by Gasteiger charge is 2.14. The van der Waals surface area contributed by atoms with Crippen molar-refractivity contribution < 1.29 is 9.53 Å². The van der Waals surface area contributed by atoms with Gasteiger partial charge in [-0.1, -0.05) is 56.8 Å². The average Bonchev–Trinajstić information content (AvgIpc) is 2.62. The molecule has 0 aromatic heterocycles. The Balaban J connectivity index is 2.32. The molecule has 0 radical (unpaired) electrons. The number of aryl methyl sites for hydroxylation is 3. The molecule has 1 amide bonds. The Morgan fingerprint density at radius 2 is 1.88 bits per heavy atom. The summed E-state index contributed by atoms with van der Waals surface area (Å²) in [6, 6.07) is 10.6. The summed E-state index contributed by atoms with van der Waals surface area (Å²) in [6.45, 7) is 11.0. The summed E-state index contributed by atoms with van der Waals surface area (Å²) in [4.78, 5) is 11.9. The number of thioether (sulfide) groups is 1. The third-order valence-corrected chi connectivity index (χ3v) is 5.02. The number of anilines is 1. The van der Waals surface area contributed by atoms with Gasteiger partial charge in [-0.25, -0.2) is 0 Å². The number of hydrogen-bond donors (Lipinski definition) is 1. The molecule has 1 N–H and O–H groups in total. The van der Waals surface area contributed by atoms with E-state index in [-0.39, 0.29) is 5.24 Å². The lowest BCUT2D eigenvalue weighted by atomic mass is 9.96. The van der Waals surface area contributed by atoms with E-state index in [4.69, 9.17) is 4.74 Å². The minimum atomic E-state index is -0.0601. The van der Waals surface area contributed by atoms with Crippen molar-refractivity contribution in [2.45, 2.75) is 53.6 Å². The Bertz CT molecular complexity index is 784. The molecule has 0 fully saturated rings. The lowest BCUT2D eigenvalue weighted by Gasteiger charge is -2.18. The highest BCUT2D eigenvalue weighted by atomic mass is 32.2. The van der Waals surface area contributed by atoms with Crippen LogP contribution >= 0.6 is 11.8 Å². The molecule has 0 saturated carbocycles. The summed E-state index contributed by atoms with van der Waals surface area (Å²) >= 11 is 1.18. The lowest BCUT2D eigenvalue weighted by molar-refractivity contribution is 0.269. The van der Waals surface area contributed by atoms with Gasteiger partial charge in [-0.15, -0.1) is 0 Å². The largest absolute Gasteiger partial charge is 0.489 e. The molecule has 2 rings (SSSR count). The van der Waals surface area contributed by atoms with Crippen molar-refractivity contribution >= 4 is 22.7 Å². The summed E-state index contributed by atoms with van der Waals surface area (Å²) in [5.41, 5.74) is 6.62. The maximum absolute atomic E-state index is 11.9. The molecule has 0 bridgehead atoms. The molecule has 0 aliphatic heterocycles. The van der Waals surface area contributed by atoms with Crippen molar-refractivity contribution in [3.63, 3.8) is 0 Å². The number of nitrogens with one attached hydrogen (secondary N) is 1. The van der Waals surface area contributed by atoms with Crippen LogP contribution in [0.5, 0.6) is 5.75 Å². The standard InChI is InChI=1S/C22H29NO2S/c1-7-17-8-9-20(15(4)10-17)25-13-19-12-18(14(2)3)11-16(5)21(19)23-22(24)26-6/h8-12,14H,7,13H2,1-6H3,(H,23,24). The van der Waals surface area contributed by atoms with Gasteiger partial charge in [0.2, 0.25) is 0 Å². The number of ether oxygens (including phenoxy) is 1. The predicted octanol–water partition coefficient (Wildman–Crippen LogP) is 6.46. The molecule has 3 nitrogen and oxygen atoms in total. The first kappa shape index (κ1) is 20.4. The van der Waals surface area contributed by atoms with Gasteiger partial charge in [-0.2, -0.15) is 0 Å². The number of benzene rings is 2. The molecule has 0 heterocycles. The van der Waals surface area contributed by atoms with Crippen LogP contribution in [0, 0.1) is 13.8 Å². The summed E-state index contributed by atoms with van der Waals surface area (Å²) in [5, 5.41) is 2.95. The van der Waals surface area contributed by atoms with E-state index in [2.05, 4.69) is 57.3 Å². The monoisotopic (exact) mass is 371 g/mol. The molecular weight excluding hydrogens is 342 g/mol. The topological polar surface area (TPSA) is 38.3 Å². The zero-order chi connectivity index (χ0) is 19.3. The first-order valence-corrected chi connectivity index (χ1v) is 10.3. The number of carbonyl (C=O) groups excluding carboxylic acids is 1. The highest BCUT2D eigenvalue weighted by Crippen LogP contribution is 2.29. The summed E-state index contributed by atoms with van der Waals surface area (Å²) < 4.78 is 6.11. The van der Waals surface area contributed by atoms with Gasteiger partial charge in [0.1, 0.15) is 12.4 Å². The van der Waals surface area contributed by atoms with Gasteiger partial charge in [0.05, 0.1) is 5.69 Å². The van der Waals surface area contributed by atoms with Crippen molar-refractivity contribution in [2.24, 2.45) is 0 Å². The van der Waals surface area contributed by atoms with Crippen molar-refractivity contribution in [3.8, 4) is 5.75 Å². The van der Waals surface area contributed by atoms with Crippen molar-refractivity contribution in [3.05, 3.63) is 58.1 Å². The fourth-order valence-corrected chi connectivity index (χ4v) is 3.12. The Hall–Kier alpha value is -1.94. The summed E-state index contributed by atoms with van der Waals surface area (Å²) in [5.74, 6) is 1.31. The molecule has 0 aliphatic carbocycles. The summed E-state index contributed by atoms with van der Waals surface area (Å²) in [7, 11) is 0. The predicted molar refractivity (Wildman–Crippen MR) is 113 cm³/mol. The molecular formula is C22H29NO2S. The molecule has 0 unspecified atom stereocenters. The van der Waals surface area contributed by atoms with Gasteiger partial charge in [-0.3, -0.25) is 4.79 Å². The zero-order valence-electron chi connectivity index (χ0n) is 16.6. The SMILES string of the molecule is CCc1ccc(OCc2cc(C(C)C)cc(C)c2NC(=O)SC)c(C)c1. The Morgan fingerprint density at radius 3 is 2.46 bits per heavy atom. The molecule has 0 spiro atoms. The normalized spacial score (nSPS) is 10.9. The lowest BCUT2D eigenvalue weighted by Crippen LogP contribution is -2.11. The molecule has 2 aromatic rings. The van der Waals surface area contributed by atoms with E-state index in [0.29, 0.717) is 12.5 Å². The Labute approximate surface area is 161 Å². The van der Waals surface area contributed by atoms with E-state index < -0.39 is 0 Å². The van der Waals surface area contributed by atoms with Gasteiger partial charge in [0, 0.05) is 5.56 Å². The van der Waals surface area contributed by atoms with E-state index in [1.165, 1.54) is 22.9 Å². The first-order valence-electron chi connectivity index (χ1n) is 9.06. The van der Waals surface area contributed by atoms with Crippen LogP contribution in [0.3, 0.4) is 0 Å². The van der Waals surface area contributed by atoms with Crippen molar-refractivity contribution in [2.75, 3.05) is 11.6 Å². The van der Waals surface area contributed by atoms with Gasteiger partial charge in [0.15, 0.2) is 0 Å². The van der Waals surface area contributed by atoms with Crippen LogP contribution in [-0.4, -0.2) is 11.5 Å². The number of carbonyl (C=O) groups is 1. The molecule has 0 atom stereocenters. The fraction of sp³-hybridized carbons (Fsp3) is 0.409. The molecule has 2 aromatic carbocycles. The average molecular weight is 372 g/mol. The minimum absolute atomic E-state index is 0.0601. The fourth-order valence-electron chi connectivity index (χ4n) is 2.92. The second-order valence-electron chi connectivity index (χ2n) is 6.89. The van der Waals surface area contributed by atoms with E-state index in [0.717, 1.165) is 34.5 Å². The maximum Gasteiger partial charge on any atom is 0.283 e. The van der Waals surface area contributed by atoms with Crippen LogP contribution in [0.15, 0.2) is 30.3 Å². The van der Waals surface area contributed by atoms with Crippen LogP contribution in [0.25, 0.3) is 0 Å². The van der Waals surface area contributed by atoms with Gasteiger partial charge in [0.25, 0.3) is 5.24 Å². The second kappa shape index (κ2) is 9.13. The van der Waals surface area contributed by atoms with E-state index in [1.807, 2.05) is 13.0 Å². The molecule has 0 aliphatic rings. The van der Waals surface area contributed by atoms with Gasteiger partial charge >= 0.3 is 0 Å². The van der Waals surface area contributed by atoms with Gasteiger partial charge in [-0.05, 0) is 60.8 Å².